The number of amides is 1. The van der Waals surface area contributed by atoms with E-state index in [1.54, 1.807) is 0 Å². The highest BCUT2D eigenvalue weighted by atomic mass is 19.3. The van der Waals surface area contributed by atoms with E-state index in [0.717, 1.165) is 6.07 Å². The molecule has 2 aliphatic carbocycles. The summed E-state index contributed by atoms with van der Waals surface area (Å²) >= 11 is 0. The monoisotopic (exact) mass is 461 g/mol. The van der Waals surface area contributed by atoms with Crippen LogP contribution in [0.5, 0.6) is 5.75 Å². The molecule has 3 N–H and O–H groups in total. The highest BCUT2D eigenvalue weighted by Crippen LogP contribution is 2.74. The molecule has 1 spiro atoms. The summed E-state index contributed by atoms with van der Waals surface area (Å²) in [6, 6.07) is 4.99. The number of hydrogen-bond acceptors (Lipinski definition) is 4. The molecule has 2 fully saturated rings. The molecule has 1 aromatic carbocycles. The number of nitrogens with zero attached hydrogens (tertiary/aromatic N) is 1. The maximum absolute atomic E-state index is 14.4. The summed E-state index contributed by atoms with van der Waals surface area (Å²) in [7, 11) is 1.18. The lowest BCUT2D eigenvalue weighted by Gasteiger charge is -2.23. The van der Waals surface area contributed by atoms with E-state index in [4.69, 9.17) is 10.5 Å². The van der Waals surface area contributed by atoms with Crippen molar-refractivity contribution in [3.8, 4) is 5.75 Å². The number of nitrogens with two attached hydrogens (primary N) is 1. The van der Waals surface area contributed by atoms with Gasteiger partial charge in [-0.2, -0.15) is 4.39 Å². The van der Waals surface area contributed by atoms with Gasteiger partial charge < -0.3 is 15.5 Å². The number of fused-ring (bicyclic) bond motifs is 1. The number of aromatic amines is 1. The first kappa shape index (κ1) is 21.4. The zero-order chi connectivity index (χ0) is 23.7. The molecule has 0 aliphatic heterocycles. The molecule has 10 heteroatoms. The fourth-order valence-corrected chi connectivity index (χ4v) is 5.34. The van der Waals surface area contributed by atoms with E-state index in [9.17, 15) is 27.2 Å². The number of rotatable bonds is 4. The van der Waals surface area contributed by atoms with Crippen LogP contribution in [0.4, 0.5) is 17.6 Å². The van der Waals surface area contributed by atoms with Crippen molar-refractivity contribution in [2.45, 2.75) is 37.0 Å². The fraction of sp³-hybridized carbons (Fsp3) is 0.348. The maximum atomic E-state index is 14.4. The number of carbonyl (C=O) groups is 1. The first-order valence-electron chi connectivity index (χ1n) is 10.3. The summed E-state index contributed by atoms with van der Waals surface area (Å²) in [5.74, 6) is -7.68. The van der Waals surface area contributed by atoms with Crippen molar-refractivity contribution in [1.29, 1.82) is 0 Å². The summed E-state index contributed by atoms with van der Waals surface area (Å²) < 4.78 is 62.1. The van der Waals surface area contributed by atoms with Crippen LogP contribution >= 0.6 is 0 Å². The average molecular weight is 461 g/mol. The van der Waals surface area contributed by atoms with Crippen LogP contribution in [0.1, 0.15) is 52.8 Å². The van der Waals surface area contributed by atoms with Gasteiger partial charge in [0.2, 0.25) is 5.82 Å². The van der Waals surface area contributed by atoms with Crippen molar-refractivity contribution < 1.29 is 27.1 Å². The van der Waals surface area contributed by atoms with E-state index in [1.807, 2.05) is 0 Å². The van der Waals surface area contributed by atoms with Gasteiger partial charge in [-0.25, -0.2) is 13.2 Å². The summed E-state index contributed by atoms with van der Waals surface area (Å²) in [5.41, 5.74) is 4.18. The molecule has 2 heterocycles. The van der Waals surface area contributed by atoms with E-state index < -0.39 is 46.1 Å². The van der Waals surface area contributed by atoms with Gasteiger partial charge in [0, 0.05) is 41.3 Å². The quantitative estimate of drug-likeness (QED) is 0.574. The van der Waals surface area contributed by atoms with E-state index in [0.29, 0.717) is 5.69 Å². The number of benzene rings is 1. The Labute approximate surface area is 184 Å². The van der Waals surface area contributed by atoms with Crippen molar-refractivity contribution in [3.05, 3.63) is 69.3 Å². The van der Waals surface area contributed by atoms with Crippen molar-refractivity contribution in [3.63, 3.8) is 0 Å². The van der Waals surface area contributed by atoms with Gasteiger partial charge in [0.1, 0.15) is 5.69 Å². The standard InChI is InChI=1S/C23H19F4N3O3/c1-33-20-10(2-3-13(24)18(20)25)11-7-22(9-23(22,26)27)8-12(11)15-6-16(31)17-14(30-15)4-5-29-19(17)21(28)32/h2-6,11-12H,7-9H2,1H3,(H2,28,32)(H,30,31)/t11-,12+,22-/m1/s1. The minimum Gasteiger partial charge on any atom is -0.493 e. The van der Waals surface area contributed by atoms with Crippen molar-refractivity contribution >= 4 is 16.8 Å². The van der Waals surface area contributed by atoms with Gasteiger partial charge in [0.15, 0.2) is 17.0 Å². The molecule has 2 saturated carbocycles. The Morgan fingerprint density at radius 1 is 1.21 bits per heavy atom. The van der Waals surface area contributed by atoms with Crippen LogP contribution in [0.15, 0.2) is 35.3 Å². The van der Waals surface area contributed by atoms with Crippen molar-refractivity contribution in [2.24, 2.45) is 11.1 Å². The number of nitrogens with one attached hydrogen (secondary N) is 1. The smallest absolute Gasteiger partial charge is 0.268 e. The zero-order valence-electron chi connectivity index (χ0n) is 17.4. The van der Waals surface area contributed by atoms with E-state index in [2.05, 4.69) is 9.97 Å². The minimum atomic E-state index is -2.88. The molecule has 172 valence electrons. The van der Waals surface area contributed by atoms with E-state index in [1.165, 1.54) is 31.5 Å². The number of alkyl halides is 2. The minimum absolute atomic E-state index is 0.000157. The molecule has 3 atom stereocenters. The molecule has 6 nitrogen and oxygen atoms in total. The highest BCUT2D eigenvalue weighted by molar-refractivity contribution is 6.03. The first-order valence-corrected chi connectivity index (χ1v) is 10.3. The number of pyridine rings is 2. The number of aromatic nitrogens is 2. The Morgan fingerprint density at radius 2 is 1.91 bits per heavy atom. The lowest BCUT2D eigenvalue weighted by atomic mass is 9.85. The molecule has 1 amide bonds. The molecular formula is C23H19F4N3O3. The number of methoxy groups -OCH3 is 1. The second-order valence-electron chi connectivity index (χ2n) is 8.80. The third-order valence-electron chi connectivity index (χ3n) is 7.00. The number of halogens is 4. The molecule has 33 heavy (non-hydrogen) atoms. The second kappa shape index (κ2) is 7.03. The molecular weight excluding hydrogens is 442 g/mol. The summed E-state index contributed by atoms with van der Waals surface area (Å²) in [6.45, 7) is 0. The van der Waals surface area contributed by atoms with Crippen LogP contribution in [0.3, 0.4) is 0 Å². The number of carbonyl (C=O) groups excluding carboxylic acids is 1. The van der Waals surface area contributed by atoms with Gasteiger partial charge in [0.05, 0.1) is 18.0 Å². The highest BCUT2D eigenvalue weighted by Gasteiger charge is 2.74. The summed E-state index contributed by atoms with van der Waals surface area (Å²) in [6.07, 6.45) is 1.06. The number of primary amides is 1. The Morgan fingerprint density at radius 3 is 2.55 bits per heavy atom. The predicted octanol–water partition coefficient (Wildman–Crippen LogP) is 4.00. The first-order chi connectivity index (χ1) is 15.6. The molecule has 5 rings (SSSR count). The molecule has 3 aromatic rings. The van der Waals surface area contributed by atoms with E-state index in [-0.39, 0.29) is 47.2 Å². The molecule has 0 unspecified atom stereocenters. The van der Waals surface area contributed by atoms with Gasteiger partial charge in [0.25, 0.3) is 11.8 Å². The Kier molecular flexibility index (Phi) is 4.56. The van der Waals surface area contributed by atoms with E-state index >= 15 is 0 Å². The number of ether oxygens (including phenoxy) is 1. The second-order valence-corrected chi connectivity index (χ2v) is 8.80. The Bertz CT molecular complexity index is 1370. The zero-order valence-corrected chi connectivity index (χ0v) is 17.4. The fourth-order valence-electron chi connectivity index (χ4n) is 5.34. The van der Waals surface area contributed by atoms with Gasteiger partial charge in [-0.05, 0) is 30.9 Å². The SMILES string of the molecule is COc1c([C@H]2C[C@@]3(C[C@@H]2c2cc(=O)c4c(C(N)=O)nccc4[nH]2)CC3(F)F)ccc(F)c1F. The third kappa shape index (κ3) is 3.11. The predicted molar refractivity (Wildman–Crippen MR) is 111 cm³/mol. The van der Waals surface area contributed by atoms with Crippen LogP contribution in [-0.2, 0) is 0 Å². The average Bonchev–Trinajstić information content (AvgIpc) is 3.10. The van der Waals surface area contributed by atoms with Crippen LogP contribution in [0.25, 0.3) is 10.9 Å². The molecule has 2 aliphatic rings. The number of H-pyrrole nitrogens is 1. The lowest BCUT2D eigenvalue weighted by Crippen LogP contribution is -2.19. The van der Waals surface area contributed by atoms with Gasteiger partial charge in [-0.3, -0.25) is 14.6 Å². The van der Waals surface area contributed by atoms with Crippen LogP contribution in [0.2, 0.25) is 0 Å². The van der Waals surface area contributed by atoms with Gasteiger partial charge in [-0.15, -0.1) is 0 Å². The topological polar surface area (TPSA) is 98.1 Å². The number of hydrogen-bond donors (Lipinski definition) is 2. The van der Waals surface area contributed by atoms with Crippen LogP contribution in [-0.4, -0.2) is 28.9 Å². The normalized spacial score (nSPS) is 25.5. The Balaban J connectivity index is 1.68. The molecule has 0 saturated heterocycles. The summed E-state index contributed by atoms with van der Waals surface area (Å²) in [5, 5.41) is 0.000157. The third-order valence-corrected chi connectivity index (χ3v) is 7.00. The van der Waals surface area contributed by atoms with Crippen molar-refractivity contribution in [2.75, 3.05) is 7.11 Å². The largest absolute Gasteiger partial charge is 0.493 e. The van der Waals surface area contributed by atoms with Crippen LogP contribution < -0.4 is 15.9 Å². The van der Waals surface area contributed by atoms with Gasteiger partial charge >= 0.3 is 0 Å². The summed E-state index contributed by atoms with van der Waals surface area (Å²) in [4.78, 5) is 31.5. The molecule has 0 radical (unpaired) electrons. The molecule has 2 aromatic heterocycles. The Hall–Kier alpha value is -3.43. The van der Waals surface area contributed by atoms with Crippen molar-refractivity contribution in [1.82, 2.24) is 9.97 Å². The lowest BCUT2D eigenvalue weighted by molar-refractivity contribution is 0.0649. The van der Waals surface area contributed by atoms with Gasteiger partial charge in [-0.1, -0.05) is 6.07 Å². The maximum Gasteiger partial charge on any atom is 0.268 e. The van der Waals surface area contributed by atoms with Crippen LogP contribution in [0, 0.1) is 17.0 Å². The molecule has 0 bridgehead atoms.